The van der Waals surface area contributed by atoms with Crippen molar-refractivity contribution in [3.8, 4) is 0 Å². The molecule has 1 aliphatic carbocycles. The molecule has 0 bridgehead atoms. The molecule has 2 N–H and O–H groups in total. The fourth-order valence-corrected chi connectivity index (χ4v) is 2.09. The number of carbonyl (C=O) groups excluding carboxylic acids is 1. The molecular weight excluding hydrogens is 194 g/mol. The van der Waals surface area contributed by atoms with E-state index in [-0.39, 0.29) is 17.2 Å². The minimum absolute atomic E-state index is 0.110. The second kappa shape index (κ2) is 4.21. The van der Waals surface area contributed by atoms with E-state index in [1.807, 2.05) is 20.8 Å². The molecule has 2 atom stereocenters. The Morgan fingerprint density at radius 2 is 1.93 bits per heavy atom. The summed E-state index contributed by atoms with van der Waals surface area (Å²) in [6.45, 7) is 6.35. The second-order valence-electron chi connectivity index (χ2n) is 4.76. The van der Waals surface area contributed by atoms with Gasteiger partial charge >= 0.3 is 5.97 Å². The van der Waals surface area contributed by atoms with E-state index in [9.17, 15) is 9.59 Å². The average Bonchev–Trinajstić information content (AvgIpc) is 2.69. The van der Waals surface area contributed by atoms with Gasteiger partial charge < -0.3 is 10.4 Å². The van der Waals surface area contributed by atoms with Gasteiger partial charge in [0.05, 0.1) is 11.8 Å². The highest BCUT2D eigenvalue weighted by Gasteiger charge is 2.65. The summed E-state index contributed by atoms with van der Waals surface area (Å²) >= 11 is 0. The van der Waals surface area contributed by atoms with Crippen LogP contribution < -0.4 is 5.32 Å². The third-order valence-electron chi connectivity index (χ3n) is 3.21. The van der Waals surface area contributed by atoms with Gasteiger partial charge in [-0.2, -0.15) is 0 Å². The molecule has 4 nitrogen and oxygen atoms in total. The molecule has 4 heteroatoms. The monoisotopic (exact) mass is 213 g/mol. The van der Waals surface area contributed by atoms with Crippen LogP contribution in [0.15, 0.2) is 0 Å². The van der Waals surface area contributed by atoms with E-state index < -0.39 is 11.9 Å². The summed E-state index contributed by atoms with van der Waals surface area (Å²) < 4.78 is 0. The van der Waals surface area contributed by atoms with E-state index in [2.05, 4.69) is 5.32 Å². The van der Waals surface area contributed by atoms with Crippen LogP contribution in [0.5, 0.6) is 0 Å². The van der Waals surface area contributed by atoms with Crippen molar-refractivity contribution in [1.29, 1.82) is 0 Å². The van der Waals surface area contributed by atoms with Gasteiger partial charge in [-0.3, -0.25) is 9.59 Å². The number of carbonyl (C=O) groups is 2. The Morgan fingerprint density at radius 3 is 2.33 bits per heavy atom. The second-order valence-corrected chi connectivity index (χ2v) is 4.76. The minimum atomic E-state index is -0.865. The van der Waals surface area contributed by atoms with E-state index in [4.69, 9.17) is 5.11 Å². The smallest absolute Gasteiger partial charge is 0.307 e. The van der Waals surface area contributed by atoms with Crippen molar-refractivity contribution in [3.63, 3.8) is 0 Å². The lowest BCUT2D eigenvalue weighted by Crippen LogP contribution is -2.28. The van der Waals surface area contributed by atoms with Crippen LogP contribution in [0, 0.1) is 17.3 Å². The molecule has 0 radical (unpaired) electrons. The highest BCUT2D eigenvalue weighted by Crippen LogP contribution is 2.58. The average molecular weight is 213 g/mol. The fraction of sp³-hybridized carbons (Fsp3) is 0.818. The lowest BCUT2D eigenvalue weighted by molar-refractivity contribution is -0.140. The Kier molecular flexibility index (Phi) is 3.37. The maximum Gasteiger partial charge on any atom is 0.307 e. The van der Waals surface area contributed by atoms with E-state index in [0.717, 1.165) is 12.8 Å². The molecular formula is C11H19NO3. The van der Waals surface area contributed by atoms with Gasteiger partial charge in [-0.1, -0.05) is 27.2 Å². The van der Waals surface area contributed by atoms with E-state index in [1.54, 1.807) is 0 Å². The van der Waals surface area contributed by atoms with Gasteiger partial charge in [0.1, 0.15) is 0 Å². The predicted octanol–water partition coefficient (Wildman–Crippen LogP) is 1.26. The topological polar surface area (TPSA) is 66.4 Å². The maximum atomic E-state index is 11.6. The van der Waals surface area contributed by atoms with Crippen molar-refractivity contribution < 1.29 is 14.7 Å². The Balaban J connectivity index is 2.45. The highest BCUT2D eigenvalue weighted by atomic mass is 16.4. The molecule has 0 aromatic carbocycles. The van der Waals surface area contributed by atoms with Crippen molar-refractivity contribution in [2.45, 2.75) is 33.6 Å². The third kappa shape index (κ3) is 2.30. The molecule has 0 heterocycles. The van der Waals surface area contributed by atoms with Crippen LogP contribution in [0.25, 0.3) is 0 Å². The molecule has 86 valence electrons. The van der Waals surface area contributed by atoms with Crippen LogP contribution in [0.4, 0.5) is 0 Å². The highest BCUT2D eigenvalue weighted by molar-refractivity contribution is 5.91. The number of rotatable bonds is 5. The quantitative estimate of drug-likeness (QED) is 0.676. The summed E-state index contributed by atoms with van der Waals surface area (Å²) in [5.41, 5.74) is -0.387. The number of aliphatic carboxylic acids is 1. The maximum absolute atomic E-state index is 11.6. The van der Waals surface area contributed by atoms with Gasteiger partial charge in [0.15, 0.2) is 0 Å². The number of unbranched alkanes of at least 4 members (excludes halogenated alkanes) is 1. The molecule has 0 aromatic heterocycles. The van der Waals surface area contributed by atoms with Crippen molar-refractivity contribution in [2.24, 2.45) is 17.3 Å². The third-order valence-corrected chi connectivity index (χ3v) is 3.21. The SMILES string of the molecule is CCCCNC(=O)C1C(C(=O)O)C1(C)C. The van der Waals surface area contributed by atoms with Crippen LogP contribution >= 0.6 is 0 Å². The molecule has 1 rings (SSSR count). The molecule has 1 amide bonds. The summed E-state index contributed by atoms with van der Waals surface area (Å²) in [6.07, 6.45) is 1.97. The van der Waals surface area contributed by atoms with E-state index in [0.29, 0.717) is 6.54 Å². The number of hydrogen-bond donors (Lipinski definition) is 2. The van der Waals surface area contributed by atoms with Gasteiger partial charge in [-0.05, 0) is 11.8 Å². The Hall–Kier alpha value is -1.06. The van der Waals surface area contributed by atoms with Crippen molar-refractivity contribution in [3.05, 3.63) is 0 Å². The Morgan fingerprint density at radius 1 is 1.33 bits per heavy atom. The normalized spacial score (nSPS) is 27.1. The van der Waals surface area contributed by atoms with Crippen LogP contribution in [-0.2, 0) is 9.59 Å². The standard InChI is InChI=1S/C11H19NO3/c1-4-5-6-12-9(13)7-8(10(14)15)11(7,2)3/h7-8H,4-6H2,1-3H3,(H,12,13)(H,14,15). The first-order chi connectivity index (χ1) is 6.92. The molecule has 0 spiro atoms. The zero-order valence-corrected chi connectivity index (χ0v) is 9.54. The van der Waals surface area contributed by atoms with Crippen LogP contribution in [0.1, 0.15) is 33.6 Å². The minimum Gasteiger partial charge on any atom is -0.481 e. The first-order valence-corrected chi connectivity index (χ1v) is 5.43. The molecule has 0 aromatic rings. The van der Waals surface area contributed by atoms with Gasteiger partial charge in [0.2, 0.25) is 5.91 Å². The summed E-state index contributed by atoms with van der Waals surface area (Å²) in [7, 11) is 0. The van der Waals surface area contributed by atoms with Crippen molar-refractivity contribution in [2.75, 3.05) is 6.54 Å². The summed E-state index contributed by atoms with van der Waals surface area (Å²) in [5.74, 6) is -1.84. The summed E-state index contributed by atoms with van der Waals surface area (Å²) in [6, 6.07) is 0. The fourth-order valence-electron chi connectivity index (χ4n) is 2.09. The zero-order valence-electron chi connectivity index (χ0n) is 9.54. The number of amides is 1. The van der Waals surface area contributed by atoms with Crippen molar-refractivity contribution in [1.82, 2.24) is 5.32 Å². The molecule has 1 aliphatic rings. The summed E-state index contributed by atoms with van der Waals surface area (Å²) in [5, 5.41) is 11.7. The molecule has 15 heavy (non-hydrogen) atoms. The number of hydrogen-bond acceptors (Lipinski definition) is 2. The molecule has 1 fully saturated rings. The zero-order chi connectivity index (χ0) is 11.6. The van der Waals surface area contributed by atoms with E-state index >= 15 is 0 Å². The largest absolute Gasteiger partial charge is 0.481 e. The first kappa shape index (κ1) is 12.0. The van der Waals surface area contributed by atoms with Gasteiger partial charge in [-0.25, -0.2) is 0 Å². The van der Waals surface area contributed by atoms with Gasteiger partial charge in [0.25, 0.3) is 0 Å². The van der Waals surface area contributed by atoms with Gasteiger partial charge in [0, 0.05) is 6.54 Å². The molecule has 0 saturated heterocycles. The predicted molar refractivity (Wildman–Crippen MR) is 56.3 cm³/mol. The molecule has 0 aliphatic heterocycles. The lowest BCUT2D eigenvalue weighted by atomic mass is 10.1. The Labute approximate surface area is 90.0 Å². The number of nitrogens with one attached hydrogen (secondary N) is 1. The first-order valence-electron chi connectivity index (χ1n) is 5.43. The van der Waals surface area contributed by atoms with Crippen LogP contribution in [-0.4, -0.2) is 23.5 Å². The molecule has 2 unspecified atom stereocenters. The van der Waals surface area contributed by atoms with Crippen molar-refractivity contribution >= 4 is 11.9 Å². The van der Waals surface area contributed by atoms with Crippen LogP contribution in [0.2, 0.25) is 0 Å². The Bertz CT molecular complexity index is 273. The molecule has 1 saturated carbocycles. The van der Waals surface area contributed by atoms with Gasteiger partial charge in [-0.15, -0.1) is 0 Å². The number of carboxylic acid groups (broad SMARTS) is 1. The van der Waals surface area contributed by atoms with Crippen LogP contribution in [0.3, 0.4) is 0 Å². The number of carboxylic acids is 1. The summed E-state index contributed by atoms with van der Waals surface area (Å²) in [4.78, 5) is 22.5. The van der Waals surface area contributed by atoms with E-state index in [1.165, 1.54) is 0 Å². The lowest BCUT2D eigenvalue weighted by Gasteiger charge is -2.04.